The molecule has 1 saturated carbocycles. The molecule has 0 unspecified atom stereocenters. The first-order chi connectivity index (χ1) is 10.8. The van der Waals surface area contributed by atoms with Gasteiger partial charge in [-0.15, -0.1) is 0 Å². The van der Waals surface area contributed by atoms with Gasteiger partial charge in [0, 0.05) is 12.6 Å². The standard InChI is InChI=1S/C14H22N2O6S/c1-3-16(13(18)10-6-11(10)14(19)22-2)7-12(17)15-9-4-5-23(20,21)8-9/h9-11H,3-8H2,1-2H3,(H,15,17)/t9-,10-,11+/m1/s1. The highest BCUT2D eigenvalue weighted by Gasteiger charge is 2.50. The number of hydrogen-bond donors (Lipinski definition) is 1. The summed E-state index contributed by atoms with van der Waals surface area (Å²) in [5.41, 5.74) is 0. The van der Waals surface area contributed by atoms with Gasteiger partial charge in [-0.1, -0.05) is 0 Å². The zero-order valence-corrected chi connectivity index (χ0v) is 14.1. The summed E-state index contributed by atoms with van der Waals surface area (Å²) in [6, 6.07) is -0.384. The Morgan fingerprint density at radius 1 is 1.26 bits per heavy atom. The van der Waals surface area contributed by atoms with Crippen molar-refractivity contribution in [2.75, 3.05) is 31.7 Å². The van der Waals surface area contributed by atoms with Crippen LogP contribution in [0.1, 0.15) is 19.8 Å². The molecule has 1 saturated heterocycles. The summed E-state index contributed by atoms with van der Waals surface area (Å²) in [4.78, 5) is 37.1. The summed E-state index contributed by atoms with van der Waals surface area (Å²) < 4.78 is 27.4. The number of amides is 2. The maximum Gasteiger partial charge on any atom is 0.309 e. The summed E-state index contributed by atoms with van der Waals surface area (Å²) in [7, 11) is -1.78. The van der Waals surface area contributed by atoms with Crippen LogP contribution in [0.2, 0.25) is 0 Å². The van der Waals surface area contributed by atoms with Gasteiger partial charge in [-0.25, -0.2) is 8.42 Å². The van der Waals surface area contributed by atoms with Crippen LogP contribution in [0, 0.1) is 11.8 Å². The summed E-state index contributed by atoms with van der Waals surface area (Å²) >= 11 is 0. The van der Waals surface area contributed by atoms with Gasteiger partial charge in [-0.3, -0.25) is 14.4 Å². The van der Waals surface area contributed by atoms with Gasteiger partial charge in [0.2, 0.25) is 11.8 Å². The molecule has 130 valence electrons. The molecule has 0 bridgehead atoms. The quantitative estimate of drug-likeness (QED) is 0.615. The third-order valence-corrected chi connectivity index (χ3v) is 6.00. The first kappa shape index (κ1) is 17.7. The minimum Gasteiger partial charge on any atom is -0.469 e. The molecule has 3 atom stereocenters. The van der Waals surface area contributed by atoms with Gasteiger partial charge in [-0.2, -0.15) is 0 Å². The molecule has 1 N–H and O–H groups in total. The van der Waals surface area contributed by atoms with Gasteiger partial charge in [-0.05, 0) is 19.8 Å². The molecule has 1 heterocycles. The molecule has 0 aromatic heterocycles. The van der Waals surface area contributed by atoms with Gasteiger partial charge in [0.25, 0.3) is 0 Å². The van der Waals surface area contributed by atoms with Crippen LogP contribution in [-0.2, 0) is 29.0 Å². The molecule has 9 heteroatoms. The molecular weight excluding hydrogens is 324 g/mol. The number of methoxy groups -OCH3 is 1. The lowest BCUT2D eigenvalue weighted by Gasteiger charge is -2.21. The minimum atomic E-state index is -3.06. The van der Waals surface area contributed by atoms with E-state index < -0.39 is 27.6 Å². The molecule has 0 aromatic rings. The molecule has 2 rings (SSSR count). The highest BCUT2D eigenvalue weighted by molar-refractivity contribution is 7.91. The number of sulfone groups is 1. The Kier molecular flexibility index (Phi) is 5.28. The Bertz CT molecular complexity index is 602. The monoisotopic (exact) mass is 346 g/mol. The SMILES string of the molecule is CCN(CC(=O)N[C@@H]1CCS(=O)(=O)C1)C(=O)[C@@H]1C[C@@H]1C(=O)OC. The lowest BCUT2D eigenvalue weighted by molar-refractivity contribution is -0.145. The molecule has 1 aliphatic carbocycles. The van der Waals surface area contributed by atoms with E-state index in [4.69, 9.17) is 0 Å². The summed E-state index contributed by atoms with van der Waals surface area (Å²) in [5.74, 6) is -1.82. The summed E-state index contributed by atoms with van der Waals surface area (Å²) in [5, 5.41) is 2.66. The fraction of sp³-hybridized carbons (Fsp3) is 0.786. The maximum atomic E-state index is 12.3. The normalized spacial score (nSPS) is 28.0. The number of likely N-dealkylation sites (N-methyl/N-ethyl adjacent to an activating group) is 1. The largest absolute Gasteiger partial charge is 0.469 e. The average molecular weight is 346 g/mol. The molecule has 2 fully saturated rings. The first-order valence-corrected chi connectivity index (χ1v) is 9.46. The molecule has 0 aromatic carbocycles. The van der Waals surface area contributed by atoms with E-state index in [0.717, 1.165) is 0 Å². The number of rotatable bonds is 6. The number of ether oxygens (including phenoxy) is 1. The minimum absolute atomic E-state index is 0.0498. The second-order valence-electron chi connectivity index (χ2n) is 5.99. The third-order valence-electron chi connectivity index (χ3n) is 4.24. The van der Waals surface area contributed by atoms with Crippen molar-refractivity contribution in [2.24, 2.45) is 11.8 Å². The van der Waals surface area contributed by atoms with E-state index in [2.05, 4.69) is 10.1 Å². The number of nitrogens with one attached hydrogen (secondary N) is 1. The van der Waals surface area contributed by atoms with E-state index in [1.54, 1.807) is 6.92 Å². The second-order valence-corrected chi connectivity index (χ2v) is 8.22. The van der Waals surface area contributed by atoms with E-state index in [1.165, 1.54) is 12.0 Å². The Labute approximate surface area is 135 Å². The van der Waals surface area contributed by atoms with E-state index in [0.29, 0.717) is 19.4 Å². The van der Waals surface area contributed by atoms with Gasteiger partial charge >= 0.3 is 5.97 Å². The number of esters is 1. The van der Waals surface area contributed by atoms with Crippen molar-refractivity contribution in [3.8, 4) is 0 Å². The van der Waals surface area contributed by atoms with Crippen LogP contribution in [0.5, 0.6) is 0 Å². The van der Waals surface area contributed by atoms with E-state index in [-0.39, 0.29) is 35.9 Å². The Morgan fingerprint density at radius 2 is 1.96 bits per heavy atom. The van der Waals surface area contributed by atoms with Crippen molar-refractivity contribution in [3.63, 3.8) is 0 Å². The van der Waals surface area contributed by atoms with E-state index in [9.17, 15) is 22.8 Å². The van der Waals surface area contributed by atoms with Gasteiger partial charge < -0.3 is 15.0 Å². The Morgan fingerprint density at radius 3 is 2.48 bits per heavy atom. The lowest BCUT2D eigenvalue weighted by Crippen LogP contribution is -2.45. The fourth-order valence-electron chi connectivity index (χ4n) is 2.82. The second kappa shape index (κ2) is 6.86. The average Bonchev–Trinajstić information content (AvgIpc) is 3.22. The summed E-state index contributed by atoms with van der Waals surface area (Å²) in [6.07, 6.45) is 0.853. The number of nitrogens with zero attached hydrogens (tertiary/aromatic N) is 1. The zero-order chi connectivity index (χ0) is 17.2. The van der Waals surface area contributed by atoms with Crippen molar-refractivity contribution in [3.05, 3.63) is 0 Å². The van der Waals surface area contributed by atoms with Crippen LogP contribution in [0.15, 0.2) is 0 Å². The number of carbonyl (C=O) groups excluding carboxylic acids is 3. The van der Waals surface area contributed by atoms with Crippen LogP contribution in [0.25, 0.3) is 0 Å². The lowest BCUT2D eigenvalue weighted by atomic mass is 10.2. The topological polar surface area (TPSA) is 110 Å². The van der Waals surface area contributed by atoms with Crippen molar-refractivity contribution in [2.45, 2.75) is 25.8 Å². The molecular formula is C14H22N2O6S. The van der Waals surface area contributed by atoms with E-state index in [1.807, 2.05) is 0 Å². The molecule has 8 nitrogen and oxygen atoms in total. The van der Waals surface area contributed by atoms with Crippen LogP contribution in [-0.4, -0.2) is 68.8 Å². The zero-order valence-electron chi connectivity index (χ0n) is 13.3. The molecule has 1 aliphatic heterocycles. The molecule has 0 radical (unpaired) electrons. The Hall–Kier alpha value is -1.64. The number of carbonyl (C=O) groups is 3. The van der Waals surface area contributed by atoms with Crippen LogP contribution < -0.4 is 5.32 Å². The molecule has 0 spiro atoms. The Balaban J connectivity index is 1.84. The molecule has 23 heavy (non-hydrogen) atoms. The van der Waals surface area contributed by atoms with Crippen LogP contribution in [0.4, 0.5) is 0 Å². The fourth-order valence-corrected chi connectivity index (χ4v) is 4.49. The van der Waals surface area contributed by atoms with Crippen molar-refractivity contribution in [1.82, 2.24) is 10.2 Å². The van der Waals surface area contributed by atoms with Crippen LogP contribution in [0.3, 0.4) is 0 Å². The van der Waals surface area contributed by atoms with Crippen molar-refractivity contribution >= 4 is 27.6 Å². The highest BCUT2D eigenvalue weighted by atomic mass is 32.2. The van der Waals surface area contributed by atoms with Gasteiger partial charge in [0.1, 0.15) is 0 Å². The first-order valence-electron chi connectivity index (χ1n) is 7.63. The summed E-state index contributed by atoms with van der Waals surface area (Å²) in [6.45, 7) is 1.97. The third kappa shape index (κ3) is 4.43. The van der Waals surface area contributed by atoms with Crippen molar-refractivity contribution < 1.29 is 27.5 Å². The molecule has 2 amide bonds. The predicted molar refractivity (Wildman–Crippen MR) is 81.1 cm³/mol. The van der Waals surface area contributed by atoms with Crippen molar-refractivity contribution in [1.29, 1.82) is 0 Å². The van der Waals surface area contributed by atoms with Gasteiger partial charge in [0.05, 0.1) is 37.0 Å². The highest BCUT2D eigenvalue weighted by Crippen LogP contribution is 2.40. The van der Waals surface area contributed by atoms with E-state index >= 15 is 0 Å². The maximum absolute atomic E-state index is 12.3. The number of hydrogen-bond acceptors (Lipinski definition) is 6. The van der Waals surface area contributed by atoms with Gasteiger partial charge in [0.15, 0.2) is 9.84 Å². The predicted octanol–water partition coefficient (Wildman–Crippen LogP) is -1.05. The van der Waals surface area contributed by atoms with Crippen LogP contribution >= 0.6 is 0 Å². The molecule has 2 aliphatic rings. The smallest absolute Gasteiger partial charge is 0.309 e.